The second-order valence-corrected chi connectivity index (χ2v) is 20.2. The predicted octanol–water partition coefficient (Wildman–Crippen LogP) is 20.9. The van der Waals surface area contributed by atoms with Crippen LogP contribution in [-0.4, -0.2) is 37.2 Å². The van der Waals surface area contributed by atoms with Crippen LogP contribution < -0.4 is 0 Å². The van der Waals surface area contributed by atoms with Gasteiger partial charge in [-0.15, -0.1) is 0 Å². The number of esters is 3. The van der Waals surface area contributed by atoms with Gasteiger partial charge < -0.3 is 14.2 Å². The molecule has 0 rings (SSSR count). The van der Waals surface area contributed by atoms with Crippen LogP contribution in [0.15, 0.2) is 97.2 Å². The highest BCUT2D eigenvalue weighted by atomic mass is 16.6. The average molecular weight is 1020 g/mol. The van der Waals surface area contributed by atoms with Gasteiger partial charge in [-0.05, 0) is 116 Å². The summed E-state index contributed by atoms with van der Waals surface area (Å²) < 4.78 is 16.9. The lowest BCUT2D eigenvalue weighted by Crippen LogP contribution is -2.30. The molecule has 6 nitrogen and oxygen atoms in total. The van der Waals surface area contributed by atoms with E-state index < -0.39 is 6.10 Å². The van der Waals surface area contributed by atoms with Gasteiger partial charge in [-0.3, -0.25) is 14.4 Å². The molecule has 0 saturated heterocycles. The molecule has 418 valence electrons. The monoisotopic (exact) mass is 1010 g/mol. The van der Waals surface area contributed by atoms with Gasteiger partial charge in [0.05, 0.1) is 0 Å². The summed E-state index contributed by atoms with van der Waals surface area (Å²) in [7, 11) is 0. The quantitative estimate of drug-likeness (QED) is 0.0261. The first-order valence-corrected chi connectivity index (χ1v) is 30.7. The molecule has 0 amide bonds. The van der Waals surface area contributed by atoms with Crippen molar-refractivity contribution in [2.45, 2.75) is 297 Å². The molecule has 0 heterocycles. The number of carbonyl (C=O) groups excluding carboxylic acids is 3. The van der Waals surface area contributed by atoms with Crippen molar-refractivity contribution in [1.82, 2.24) is 0 Å². The lowest BCUT2D eigenvalue weighted by Gasteiger charge is -2.18. The van der Waals surface area contributed by atoms with Gasteiger partial charge in [-0.25, -0.2) is 0 Å². The standard InChI is InChI=1S/C67H114O6/c1-4-7-10-13-16-19-22-25-28-31-33-36-39-42-45-48-51-54-57-60-66(69)72-63-64(62-71-65(68)59-56-53-50-47-44-41-38-35-30-27-24-21-18-15-12-9-6-3)73-67(70)61-58-55-52-49-46-43-40-37-34-32-29-26-23-20-17-14-11-8-5-2/h7-8,10-11,16-21,25-30,64H,4-6,9,12-15,22-24,31-63H2,1-3H3/b10-7-,11-8-,19-16-,20-17-,21-18-,28-25-,29-26-,30-27-. The summed E-state index contributed by atoms with van der Waals surface area (Å²) in [6.07, 6.45) is 81.1. The van der Waals surface area contributed by atoms with Crippen LogP contribution in [0.1, 0.15) is 290 Å². The first-order valence-electron chi connectivity index (χ1n) is 30.7. The van der Waals surface area contributed by atoms with Crippen LogP contribution in [-0.2, 0) is 28.6 Å². The topological polar surface area (TPSA) is 78.9 Å². The Morgan fingerprint density at radius 1 is 0.288 bits per heavy atom. The molecule has 0 aromatic rings. The molecule has 1 atom stereocenters. The molecule has 0 aliphatic carbocycles. The van der Waals surface area contributed by atoms with E-state index in [1.54, 1.807) is 0 Å². The minimum atomic E-state index is -0.788. The third-order valence-corrected chi connectivity index (χ3v) is 13.1. The maximum absolute atomic E-state index is 12.9. The van der Waals surface area contributed by atoms with Gasteiger partial charge in [0.15, 0.2) is 6.10 Å². The van der Waals surface area contributed by atoms with Gasteiger partial charge in [-0.1, -0.05) is 253 Å². The van der Waals surface area contributed by atoms with Crippen LogP contribution in [0.2, 0.25) is 0 Å². The largest absolute Gasteiger partial charge is 0.462 e. The highest BCUT2D eigenvalue weighted by Gasteiger charge is 2.19. The van der Waals surface area contributed by atoms with E-state index in [0.717, 1.165) is 109 Å². The lowest BCUT2D eigenvalue weighted by molar-refractivity contribution is -0.167. The van der Waals surface area contributed by atoms with E-state index >= 15 is 0 Å². The van der Waals surface area contributed by atoms with Crippen molar-refractivity contribution < 1.29 is 28.6 Å². The summed E-state index contributed by atoms with van der Waals surface area (Å²) in [5, 5.41) is 0. The molecule has 0 aliphatic rings. The second kappa shape index (κ2) is 60.9. The van der Waals surface area contributed by atoms with Gasteiger partial charge in [0.1, 0.15) is 13.2 Å². The summed E-state index contributed by atoms with van der Waals surface area (Å²) in [5.74, 6) is -0.895. The first kappa shape index (κ1) is 69.3. The summed E-state index contributed by atoms with van der Waals surface area (Å²) >= 11 is 0. The van der Waals surface area contributed by atoms with Gasteiger partial charge in [0, 0.05) is 19.3 Å². The Morgan fingerprint density at radius 2 is 0.534 bits per heavy atom. The van der Waals surface area contributed by atoms with Crippen molar-refractivity contribution in [3.05, 3.63) is 97.2 Å². The summed E-state index contributed by atoms with van der Waals surface area (Å²) in [6, 6.07) is 0. The Bertz CT molecular complexity index is 1440. The Hall–Kier alpha value is -3.67. The Labute approximate surface area is 451 Å². The van der Waals surface area contributed by atoms with Crippen molar-refractivity contribution >= 4 is 17.9 Å². The molecule has 0 saturated carbocycles. The molecule has 0 bridgehead atoms. The highest BCUT2D eigenvalue weighted by molar-refractivity contribution is 5.71. The van der Waals surface area contributed by atoms with Crippen LogP contribution in [0, 0.1) is 0 Å². The second-order valence-electron chi connectivity index (χ2n) is 20.2. The fourth-order valence-corrected chi connectivity index (χ4v) is 8.50. The molecule has 0 fully saturated rings. The smallest absolute Gasteiger partial charge is 0.306 e. The van der Waals surface area contributed by atoms with Crippen molar-refractivity contribution in [3.8, 4) is 0 Å². The summed E-state index contributed by atoms with van der Waals surface area (Å²) in [6.45, 7) is 6.40. The number of carbonyl (C=O) groups is 3. The van der Waals surface area contributed by atoms with Crippen LogP contribution in [0.3, 0.4) is 0 Å². The number of allylic oxidation sites excluding steroid dienone is 16. The number of rotatable bonds is 55. The van der Waals surface area contributed by atoms with Gasteiger partial charge >= 0.3 is 17.9 Å². The predicted molar refractivity (Wildman–Crippen MR) is 316 cm³/mol. The third kappa shape index (κ3) is 59.1. The molecule has 0 aromatic heterocycles. The SMILES string of the molecule is CC/C=C\C/C=C\C/C=C\CCCCCCCCCCCC(=O)OCC(COC(=O)CCCCCCCCC/C=C\C/C=C\CCCCC)OC(=O)CCCCCCCCCCC/C=C\C/C=C\C/C=C\CC. The van der Waals surface area contributed by atoms with E-state index in [9.17, 15) is 14.4 Å². The molecular formula is C67H114O6. The van der Waals surface area contributed by atoms with Crippen LogP contribution in [0.5, 0.6) is 0 Å². The maximum atomic E-state index is 12.9. The minimum Gasteiger partial charge on any atom is -0.462 e. The van der Waals surface area contributed by atoms with Gasteiger partial charge in [-0.2, -0.15) is 0 Å². The first-order chi connectivity index (χ1) is 36.0. The average Bonchev–Trinajstić information content (AvgIpc) is 3.39. The Kier molecular flexibility index (Phi) is 57.8. The molecule has 0 aliphatic heterocycles. The molecule has 73 heavy (non-hydrogen) atoms. The van der Waals surface area contributed by atoms with Crippen molar-refractivity contribution in [1.29, 1.82) is 0 Å². The van der Waals surface area contributed by atoms with E-state index in [0.29, 0.717) is 19.3 Å². The van der Waals surface area contributed by atoms with E-state index in [4.69, 9.17) is 14.2 Å². The van der Waals surface area contributed by atoms with E-state index in [2.05, 4.69) is 118 Å². The highest BCUT2D eigenvalue weighted by Crippen LogP contribution is 2.16. The number of ether oxygens (including phenoxy) is 3. The molecule has 0 aromatic carbocycles. The third-order valence-electron chi connectivity index (χ3n) is 13.1. The zero-order chi connectivity index (χ0) is 52.9. The number of unbranched alkanes of at least 4 members (excludes halogenated alkanes) is 28. The fourth-order valence-electron chi connectivity index (χ4n) is 8.50. The zero-order valence-corrected chi connectivity index (χ0v) is 47.9. The molecule has 6 heteroatoms. The van der Waals surface area contributed by atoms with E-state index in [1.165, 1.54) is 141 Å². The Morgan fingerprint density at radius 3 is 0.836 bits per heavy atom. The summed E-state index contributed by atoms with van der Waals surface area (Å²) in [4.78, 5) is 38.3. The minimum absolute atomic E-state index is 0.0849. The van der Waals surface area contributed by atoms with Crippen molar-refractivity contribution in [2.75, 3.05) is 13.2 Å². The normalized spacial score (nSPS) is 12.8. The van der Waals surface area contributed by atoms with Crippen LogP contribution >= 0.6 is 0 Å². The van der Waals surface area contributed by atoms with Crippen molar-refractivity contribution in [3.63, 3.8) is 0 Å². The van der Waals surface area contributed by atoms with Crippen LogP contribution in [0.4, 0.5) is 0 Å². The van der Waals surface area contributed by atoms with Crippen molar-refractivity contribution in [2.24, 2.45) is 0 Å². The molecule has 0 spiro atoms. The fraction of sp³-hybridized carbons (Fsp3) is 0.716. The lowest BCUT2D eigenvalue weighted by atomic mass is 10.1. The van der Waals surface area contributed by atoms with Crippen LogP contribution in [0.25, 0.3) is 0 Å². The van der Waals surface area contributed by atoms with E-state index in [-0.39, 0.29) is 31.1 Å². The molecule has 1 unspecified atom stereocenters. The number of hydrogen-bond acceptors (Lipinski definition) is 6. The van der Waals surface area contributed by atoms with Gasteiger partial charge in [0.25, 0.3) is 0 Å². The summed E-state index contributed by atoms with van der Waals surface area (Å²) in [5.41, 5.74) is 0. The Balaban J connectivity index is 4.41. The molecule has 0 radical (unpaired) electrons. The maximum Gasteiger partial charge on any atom is 0.306 e. The van der Waals surface area contributed by atoms with Gasteiger partial charge in [0.2, 0.25) is 0 Å². The van der Waals surface area contributed by atoms with E-state index in [1.807, 2.05) is 0 Å². The molecule has 0 N–H and O–H groups in total. The molecular weight excluding hydrogens is 901 g/mol. The number of hydrogen-bond donors (Lipinski definition) is 0. The zero-order valence-electron chi connectivity index (χ0n) is 47.9.